The van der Waals surface area contributed by atoms with Gasteiger partial charge in [0, 0.05) is 12.5 Å². The lowest BCUT2D eigenvalue weighted by atomic mass is 10.2. The highest BCUT2D eigenvalue weighted by molar-refractivity contribution is 5.87. The average molecular weight is 243 g/mol. The Morgan fingerprint density at radius 1 is 1.06 bits per heavy atom. The standard InChI is InChI=1S/C12H25N3O2/c1-9(2)14-12(17)10(3)15-11(16)7-5-4-6-8-13/h9-10H,4-8,13H2,1-3H3,(H,14,17)(H,15,16). The lowest BCUT2D eigenvalue weighted by molar-refractivity contribution is -0.128. The molecular weight excluding hydrogens is 218 g/mol. The van der Waals surface area contributed by atoms with Crippen molar-refractivity contribution >= 4 is 11.8 Å². The van der Waals surface area contributed by atoms with Crippen LogP contribution in [0.4, 0.5) is 0 Å². The Morgan fingerprint density at radius 2 is 1.71 bits per heavy atom. The summed E-state index contributed by atoms with van der Waals surface area (Å²) < 4.78 is 0. The highest BCUT2D eigenvalue weighted by Crippen LogP contribution is 1.99. The van der Waals surface area contributed by atoms with Crippen LogP contribution in [0.15, 0.2) is 0 Å². The zero-order valence-corrected chi connectivity index (χ0v) is 11.1. The highest BCUT2D eigenvalue weighted by atomic mass is 16.2. The molecule has 5 nitrogen and oxygen atoms in total. The van der Waals surface area contributed by atoms with Crippen molar-refractivity contribution in [2.45, 2.75) is 58.5 Å². The van der Waals surface area contributed by atoms with Crippen molar-refractivity contribution in [3.63, 3.8) is 0 Å². The summed E-state index contributed by atoms with van der Waals surface area (Å²) in [4.78, 5) is 23.0. The largest absolute Gasteiger partial charge is 0.352 e. The second-order valence-electron chi connectivity index (χ2n) is 4.55. The van der Waals surface area contributed by atoms with Gasteiger partial charge < -0.3 is 16.4 Å². The number of unbranched alkanes of at least 4 members (excludes halogenated alkanes) is 2. The Kier molecular flexibility index (Phi) is 8.40. The Bertz CT molecular complexity index is 242. The van der Waals surface area contributed by atoms with Crippen LogP contribution in [0, 0.1) is 0 Å². The molecule has 0 fully saturated rings. The van der Waals surface area contributed by atoms with Crippen molar-refractivity contribution in [3.05, 3.63) is 0 Å². The molecule has 1 atom stereocenters. The van der Waals surface area contributed by atoms with E-state index < -0.39 is 6.04 Å². The molecule has 0 saturated carbocycles. The fourth-order valence-corrected chi connectivity index (χ4v) is 1.40. The van der Waals surface area contributed by atoms with E-state index in [0.717, 1.165) is 19.3 Å². The molecule has 0 aliphatic carbocycles. The van der Waals surface area contributed by atoms with E-state index in [-0.39, 0.29) is 17.9 Å². The molecule has 0 aromatic rings. The first-order chi connectivity index (χ1) is 7.97. The van der Waals surface area contributed by atoms with Gasteiger partial charge in [-0.25, -0.2) is 0 Å². The molecule has 0 saturated heterocycles. The van der Waals surface area contributed by atoms with Crippen LogP contribution in [0.2, 0.25) is 0 Å². The zero-order chi connectivity index (χ0) is 13.3. The minimum atomic E-state index is -0.473. The second-order valence-corrected chi connectivity index (χ2v) is 4.55. The number of carbonyl (C=O) groups excluding carboxylic acids is 2. The van der Waals surface area contributed by atoms with Crippen molar-refractivity contribution in [2.24, 2.45) is 5.73 Å². The van der Waals surface area contributed by atoms with Crippen LogP contribution in [0.3, 0.4) is 0 Å². The number of hydrogen-bond donors (Lipinski definition) is 3. The maximum atomic E-state index is 11.5. The van der Waals surface area contributed by atoms with Gasteiger partial charge >= 0.3 is 0 Å². The molecule has 4 N–H and O–H groups in total. The molecule has 2 amide bonds. The molecule has 0 aromatic heterocycles. The smallest absolute Gasteiger partial charge is 0.242 e. The molecule has 0 aliphatic rings. The summed E-state index contributed by atoms with van der Waals surface area (Å²) in [5, 5.41) is 5.43. The first-order valence-electron chi connectivity index (χ1n) is 6.27. The first-order valence-corrected chi connectivity index (χ1v) is 6.27. The summed E-state index contributed by atoms with van der Waals surface area (Å²) in [6.45, 7) is 6.13. The van der Waals surface area contributed by atoms with Gasteiger partial charge in [0.05, 0.1) is 0 Å². The highest BCUT2D eigenvalue weighted by Gasteiger charge is 2.15. The Hall–Kier alpha value is -1.10. The number of carbonyl (C=O) groups is 2. The van der Waals surface area contributed by atoms with E-state index in [1.807, 2.05) is 13.8 Å². The van der Waals surface area contributed by atoms with Crippen LogP contribution in [0.1, 0.15) is 46.5 Å². The molecule has 0 rings (SSSR count). The molecule has 0 aliphatic heterocycles. The van der Waals surface area contributed by atoms with Crippen molar-refractivity contribution in [1.82, 2.24) is 10.6 Å². The Morgan fingerprint density at radius 3 is 2.24 bits per heavy atom. The maximum Gasteiger partial charge on any atom is 0.242 e. The van der Waals surface area contributed by atoms with Crippen molar-refractivity contribution in [1.29, 1.82) is 0 Å². The van der Waals surface area contributed by atoms with Crippen molar-refractivity contribution in [2.75, 3.05) is 6.54 Å². The number of rotatable bonds is 8. The van der Waals surface area contributed by atoms with E-state index in [4.69, 9.17) is 5.73 Å². The van der Waals surface area contributed by atoms with Gasteiger partial charge in [-0.3, -0.25) is 9.59 Å². The summed E-state index contributed by atoms with van der Waals surface area (Å²) in [6, 6.07) is -0.384. The predicted octanol–water partition coefficient (Wildman–Crippen LogP) is 0.535. The second kappa shape index (κ2) is 8.98. The number of nitrogens with one attached hydrogen (secondary N) is 2. The fourth-order valence-electron chi connectivity index (χ4n) is 1.40. The van der Waals surface area contributed by atoms with Crippen LogP contribution in [-0.4, -0.2) is 30.4 Å². The van der Waals surface area contributed by atoms with E-state index in [0.29, 0.717) is 13.0 Å². The third-order valence-electron chi connectivity index (χ3n) is 2.31. The van der Waals surface area contributed by atoms with E-state index >= 15 is 0 Å². The minimum Gasteiger partial charge on any atom is -0.352 e. The summed E-state index contributed by atoms with van der Waals surface area (Å²) in [6.07, 6.45) is 3.17. The molecule has 17 heavy (non-hydrogen) atoms. The number of amides is 2. The molecule has 0 aromatic carbocycles. The van der Waals surface area contributed by atoms with Crippen LogP contribution in [-0.2, 0) is 9.59 Å². The zero-order valence-electron chi connectivity index (χ0n) is 11.1. The molecule has 0 bridgehead atoms. The Balaban J connectivity index is 3.75. The van der Waals surface area contributed by atoms with Crippen LogP contribution in [0.5, 0.6) is 0 Å². The van der Waals surface area contributed by atoms with E-state index in [2.05, 4.69) is 10.6 Å². The molecular formula is C12H25N3O2. The van der Waals surface area contributed by atoms with Gasteiger partial charge in [0.2, 0.25) is 11.8 Å². The van der Waals surface area contributed by atoms with Gasteiger partial charge in [0.15, 0.2) is 0 Å². The third-order valence-corrected chi connectivity index (χ3v) is 2.31. The molecule has 0 radical (unpaired) electrons. The summed E-state index contributed by atoms with van der Waals surface area (Å²) in [5.41, 5.74) is 5.36. The molecule has 0 heterocycles. The van der Waals surface area contributed by atoms with Crippen molar-refractivity contribution in [3.8, 4) is 0 Å². The van der Waals surface area contributed by atoms with Gasteiger partial charge in [0.1, 0.15) is 6.04 Å². The number of hydrogen-bond acceptors (Lipinski definition) is 3. The molecule has 5 heteroatoms. The quantitative estimate of drug-likeness (QED) is 0.544. The summed E-state index contributed by atoms with van der Waals surface area (Å²) in [5.74, 6) is -0.219. The lowest BCUT2D eigenvalue weighted by Crippen LogP contribution is -2.46. The Labute approximate surface area is 104 Å². The van der Waals surface area contributed by atoms with Crippen molar-refractivity contribution < 1.29 is 9.59 Å². The molecule has 0 spiro atoms. The van der Waals surface area contributed by atoms with E-state index in [1.54, 1.807) is 6.92 Å². The van der Waals surface area contributed by atoms with Crippen LogP contribution < -0.4 is 16.4 Å². The minimum absolute atomic E-state index is 0.0755. The van der Waals surface area contributed by atoms with Crippen LogP contribution in [0.25, 0.3) is 0 Å². The van der Waals surface area contributed by atoms with Gasteiger partial charge in [-0.1, -0.05) is 6.42 Å². The predicted molar refractivity (Wildman–Crippen MR) is 68.4 cm³/mol. The van der Waals surface area contributed by atoms with E-state index in [1.165, 1.54) is 0 Å². The number of nitrogens with two attached hydrogens (primary N) is 1. The van der Waals surface area contributed by atoms with Gasteiger partial charge in [-0.15, -0.1) is 0 Å². The first kappa shape index (κ1) is 15.9. The van der Waals surface area contributed by atoms with E-state index in [9.17, 15) is 9.59 Å². The topological polar surface area (TPSA) is 84.2 Å². The summed E-state index contributed by atoms with van der Waals surface area (Å²) >= 11 is 0. The van der Waals surface area contributed by atoms with Crippen LogP contribution >= 0.6 is 0 Å². The summed E-state index contributed by atoms with van der Waals surface area (Å²) in [7, 11) is 0. The monoisotopic (exact) mass is 243 g/mol. The third kappa shape index (κ3) is 8.68. The maximum absolute atomic E-state index is 11.5. The SMILES string of the molecule is CC(C)NC(=O)C(C)NC(=O)CCCCCN. The van der Waals surface area contributed by atoms with Gasteiger partial charge in [-0.05, 0) is 40.2 Å². The fraction of sp³-hybridized carbons (Fsp3) is 0.833. The lowest BCUT2D eigenvalue weighted by Gasteiger charge is -2.15. The molecule has 1 unspecified atom stereocenters. The molecule has 100 valence electrons. The average Bonchev–Trinajstić information content (AvgIpc) is 2.23. The van der Waals surface area contributed by atoms with Gasteiger partial charge in [-0.2, -0.15) is 0 Å². The normalized spacial score (nSPS) is 12.3. The van der Waals surface area contributed by atoms with Gasteiger partial charge in [0.25, 0.3) is 0 Å².